The fraction of sp³-hybridized carbons (Fsp3) is 0.160. The fourth-order valence-electron chi connectivity index (χ4n) is 3.04. The molecule has 0 fully saturated rings. The molecule has 5 nitrogen and oxygen atoms in total. The molecule has 0 saturated carbocycles. The summed E-state index contributed by atoms with van der Waals surface area (Å²) in [5, 5.41) is 3.39. The van der Waals surface area contributed by atoms with Gasteiger partial charge in [-0.15, -0.1) is 0 Å². The first-order chi connectivity index (χ1) is 15.2. The Morgan fingerprint density at radius 2 is 1.52 bits per heavy atom. The van der Waals surface area contributed by atoms with Gasteiger partial charge in [0.2, 0.25) is 0 Å². The third-order valence-corrected chi connectivity index (χ3v) is 4.71. The highest BCUT2D eigenvalue weighted by atomic mass is 19.1. The molecule has 1 N–H and O–H groups in total. The average molecular weight is 417 g/mol. The van der Waals surface area contributed by atoms with Gasteiger partial charge in [-0.05, 0) is 72.6 Å². The summed E-state index contributed by atoms with van der Waals surface area (Å²) in [5.74, 6) is 1.90. The van der Waals surface area contributed by atoms with Crippen LogP contribution in [0.25, 0.3) is 0 Å². The summed E-state index contributed by atoms with van der Waals surface area (Å²) in [5.41, 5.74) is 2.16. The minimum absolute atomic E-state index is 0.280. The van der Waals surface area contributed by atoms with Crippen LogP contribution in [0.15, 0.2) is 91.5 Å². The molecule has 3 aromatic carbocycles. The Bertz CT molecular complexity index is 1050. The zero-order valence-corrected chi connectivity index (χ0v) is 17.1. The molecule has 0 unspecified atom stereocenters. The van der Waals surface area contributed by atoms with Crippen molar-refractivity contribution in [3.63, 3.8) is 0 Å². The smallest absolute Gasteiger partial charge is 0.127 e. The van der Waals surface area contributed by atoms with Crippen molar-refractivity contribution in [3.05, 3.63) is 103 Å². The molecule has 0 saturated heterocycles. The highest BCUT2D eigenvalue weighted by Gasteiger charge is 2.00. The number of ether oxygens (including phenoxy) is 2. The van der Waals surface area contributed by atoms with E-state index in [4.69, 9.17) is 9.47 Å². The lowest BCUT2D eigenvalue weighted by atomic mass is 10.2. The van der Waals surface area contributed by atoms with Gasteiger partial charge < -0.3 is 19.4 Å². The molecule has 0 radical (unpaired) electrons. The molecule has 0 aliphatic carbocycles. The summed E-state index contributed by atoms with van der Waals surface area (Å²) in [6.07, 6.45) is 6.48. The number of anilines is 1. The van der Waals surface area contributed by atoms with Crippen LogP contribution in [0.2, 0.25) is 0 Å². The van der Waals surface area contributed by atoms with Crippen LogP contribution in [0.5, 0.6) is 17.2 Å². The summed E-state index contributed by atoms with van der Waals surface area (Å²) in [6, 6.07) is 21.7. The predicted molar refractivity (Wildman–Crippen MR) is 119 cm³/mol. The molecular weight excluding hydrogens is 393 g/mol. The summed E-state index contributed by atoms with van der Waals surface area (Å²) >= 11 is 0. The van der Waals surface area contributed by atoms with E-state index in [9.17, 15) is 4.39 Å². The Morgan fingerprint density at radius 3 is 2.19 bits per heavy atom. The van der Waals surface area contributed by atoms with Gasteiger partial charge in [0, 0.05) is 31.2 Å². The second-order valence-electron chi connectivity index (χ2n) is 7.08. The van der Waals surface area contributed by atoms with Crippen molar-refractivity contribution in [3.8, 4) is 17.2 Å². The van der Waals surface area contributed by atoms with Crippen LogP contribution in [0.3, 0.4) is 0 Å². The quantitative estimate of drug-likeness (QED) is 0.327. The normalized spacial score (nSPS) is 10.6. The number of benzene rings is 3. The minimum atomic E-state index is -0.280. The van der Waals surface area contributed by atoms with E-state index in [2.05, 4.69) is 22.4 Å². The molecule has 0 aliphatic heterocycles. The van der Waals surface area contributed by atoms with E-state index in [1.54, 1.807) is 18.3 Å². The van der Waals surface area contributed by atoms with Gasteiger partial charge in [-0.3, -0.25) is 0 Å². The largest absolute Gasteiger partial charge is 0.494 e. The summed E-state index contributed by atoms with van der Waals surface area (Å²) in [4.78, 5) is 4.03. The Labute approximate surface area is 181 Å². The lowest BCUT2D eigenvalue weighted by Crippen LogP contribution is -2.03. The van der Waals surface area contributed by atoms with Crippen molar-refractivity contribution in [2.45, 2.75) is 19.5 Å². The van der Waals surface area contributed by atoms with Crippen LogP contribution in [0.1, 0.15) is 12.0 Å². The van der Waals surface area contributed by atoms with Gasteiger partial charge in [-0.25, -0.2) is 9.37 Å². The van der Waals surface area contributed by atoms with Crippen LogP contribution in [0, 0.1) is 5.82 Å². The summed E-state index contributed by atoms with van der Waals surface area (Å²) < 4.78 is 26.5. The Morgan fingerprint density at radius 1 is 0.839 bits per heavy atom. The van der Waals surface area contributed by atoms with Crippen molar-refractivity contribution in [2.24, 2.45) is 0 Å². The van der Waals surface area contributed by atoms with Gasteiger partial charge >= 0.3 is 0 Å². The molecule has 1 heterocycles. The van der Waals surface area contributed by atoms with Crippen molar-refractivity contribution >= 4 is 5.69 Å². The predicted octanol–water partition coefficient (Wildman–Crippen LogP) is 5.90. The third-order valence-electron chi connectivity index (χ3n) is 4.71. The summed E-state index contributed by atoms with van der Waals surface area (Å²) in [6.45, 7) is 2.27. The van der Waals surface area contributed by atoms with Gasteiger partial charge in [0.1, 0.15) is 23.1 Å². The van der Waals surface area contributed by atoms with Gasteiger partial charge in [-0.1, -0.05) is 12.1 Å². The van der Waals surface area contributed by atoms with E-state index in [0.29, 0.717) is 24.7 Å². The molecule has 0 spiro atoms. The van der Waals surface area contributed by atoms with Crippen LogP contribution in [-0.4, -0.2) is 16.2 Å². The minimum Gasteiger partial charge on any atom is -0.494 e. The van der Waals surface area contributed by atoms with Crippen molar-refractivity contribution in [2.75, 3.05) is 11.9 Å². The average Bonchev–Trinajstić information content (AvgIpc) is 3.32. The topological polar surface area (TPSA) is 48.3 Å². The van der Waals surface area contributed by atoms with Crippen LogP contribution < -0.4 is 14.8 Å². The maximum Gasteiger partial charge on any atom is 0.127 e. The molecule has 1 aromatic heterocycles. The molecule has 0 atom stereocenters. The fourth-order valence-corrected chi connectivity index (χ4v) is 3.04. The van der Waals surface area contributed by atoms with Crippen molar-refractivity contribution in [1.29, 1.82) is 0 Å². The second-order valence-corrected chi connectivity index (χ2v) is 7.08. The number of nitrogens with zero attached hydrogens (tertiary/aromatic N) is 2. The van der Waals surface area contributed by atoms with Gasteiger partial charge in [0.25, 0.3) is 0 Å². The van der Waals surface area contributed by atoms with E-state index in [1.807, 2.05) is 53.5 Å². The second kappa shape index (κ2) is 10.3. The number of hydrogen-bond acceptors (Lipinski definition) is 4. The molecule has 31 heavy (non-hydrogen) atoms. The lowest BCUT2D eigenvalue weighted by molar-refractivity contribution is 0.301. The Hall–Kier alpha value is -3.80. The molecule has 4 rings (SSSR count). The first kappa shape index (κ1) is 20.5. The van der Waals surface area contributed by atoms with Crippen molar-refractivity contribution in [1.82, 2.24) is 9.55 Å². The molecule has 6 heteroatoms. The number of nitrogens with one attached hydrogen (secondary N) is 1. The SMILES string of the molecule is Fc1ccc(Oc2ccc(NCc3ccc(OCCCn4ccnc4)cc3)cc2)cc1. The van der Waals surface area contributed by atoms with Gasteiger partial charge in [0.15, 0.2) is 0 Å². The van der Waals surface area contributed by atoms with Gasteiger partial charge in [-0.2, -0.15) is 0 Å². The number of hydrogen-bond donors (Lipinski definition) is 1. The molecule has 4 aromatic rings. The number of halogens is 1. The maximum atomic E-state index is 13.0. The van der Waals surface area contributed by atoms with E-state index in [1.165, 1.54) is 12.1 Å². The zero-order chi connectivity index (χ0) is 21.3. The first-order valence-electron chi connectivity index (χ1n) is 10.2. The monoisotopic (exact) mass is 417 g/mol. The molecule has 158 valence electrons. The zero-order valence-electron chi connectivity index (χ0n) is 17.1. The van der Waals surface area contributed by atoms with E-state index in [0.717, 1.165) is 30.0 Å². The number of imidazole rings is 1. The van der Waals surface area contributed by atoms with Crippen LogP contribution in [-0.2, 0) is 13.1 Å². The molecule has 0 amide bonds. The maximum absolute atomic E-state index is 13.0. The molecule has 0 bridgehead atoms. The first-order valence-corrected chi connectivity index (χ1v) is 10.2. The standard InChI is InChI=1S/C25H24FN3O2/c26-21-4-10-24(11-5-21)31-25-12-6-22(7-13-25)28-18-20-2-8-23(9-3-20)30-17-1-15-29-16-14-27-19-29/h2-14,16,19,28H,1,15,17-18H2. The van der Waals surface area contributed by atoms with Crippen LogP contribution in [0.4, 0.5) is 10.1 Å². The van der Waals surface area contributed by atoms with E-state index in [-0.39, 0.29) is 5.82 Å². The number of aryl methyl sites for hydroxylation is 1. The number of rotatable bonds is 10. The van der Waals surface area contributed by atoms with Gasteiger partial charge in [0.05, 0.1) is 12.9 Å². The van der Waals surface area contributed by atoms with E-state index < -0.39 is 0 Å². The van der Waals surface area contributed by atoms with Crippen LogP contribution >= 0.6 is 0 Å². The molecular formula is C25H24FN3O2. The van der Waals surface area contributed by atoms with E-state index >= 15 is 0 Å². The highest BCUT2D eigenvalue weighted by Crippen LogP contribution is 2.23. The van der Waals surface area contributed by atoms with Crippen molar-refractivity contribution < 1.29 is 13.9 Å². The lowest BCUT2D eigenvalue weighted by Gasteiger charge is -2.10. The Balaban J connectivity index is 1.20. The molecule has 0 aliphatic rings. The highest BCUT2D eigenvalue weighted by molar-refractivity contribution is 5.47. The summed E-state index contributed by atoms with van der Waals surface area (Å²) in [7, 11) is 0. The number of aromatic nitrogens is 2. The Kier molecular flexibility index (Phi) is 6.80. The third kappa shape index (κ3) is 6.34.